The summed E-state index contributed by atoms with van der Waals surface area (Å²) in [4.78, 5) is 12.1. The van der Waals surface area contributed by atoms with E-state index in [9.17, 15) is 18.3 Å². The van der Waals surface area contributed by atoms with E-state index in [-0.39, 0.29) is 17.0 Å². The monoisotopic (exact) mass is 306 g/mol. The molecule has 0 unspecified atom stereocenters. The summed E-state index contributed by atoms with van der Waals surface area (Å²) in [6.45, 7) is 0. The Kier molecular flexibility index (Phi) is 4.13. The first-order valence-corrected chi connectivity index (χ1v) is 7.91. The summed E-state index contributed by atoms with van der Waals surface area (Å²) in [7, 11) is -3.41. The van der Waals surface area contributed by atoms with E-state index in [4.69, 9.17) is 0 Å². The van der Waals surface area contributed by atoms with Crippen molar-refractivity contribution in [3.8, 4) is 5.75 Å². The van der Waals surface area contributed by atoms with Gasteiger partial charge in [0.25, 0.3) is 5.91 Å². The predicted octanol–water partition coefficient (Wildman–Crippen LogP) is 2.02. The fourth-order valence-corrected chi connectivity index (χ4v) is 2.27. The molecular formula is C14H14N2O4S. The topological polar surface area (TPSA) is 95.5 Å². The highest BCUT2D eigenvalue weighted by atomic mass is 32.2. The molecule has 0 aromatic heterocycles. The van der Waals surface area contributed by atoms with Gasteiger partial charge in [-0.05, 0) is 30.3 Å². The summed E-state index contributed by atoms with van der Waals surface area (Å²) in [5.74, 6) is -0.495. The maximum Gasteiger partial charge on any atom is 0.255 e. The lowest BCUT2D eigenvalue weighted by molar-refractivity contribution is 0.102. The molecule has 0 aliphatic heterocycles. The predicted molar refractivity (Wildman–Crippen MR) is 81.0 cm³/mol. The molecule has 2 aromatic rings. The van der Waals surface area contributed by atoms with Crippen LogP contribution in [0.15, 0.2) is 48.5 Å². The van der Waals surface area contributed by atoms with Gasteiger partial charge in [-0.2, -0.15) is 0 Å². The maximum atomic E-state index is 12.1. The number of hydrogen-bond acceptors (Lipinski definition) is 4. The van der Waals surface area contributed by atoms with Crippen LogP contribution in [0, 0.1) is 0 Å². The number of carbonyl (C=O) groups excluding carboxylic acids is 1. The molecule has 1 amide bonds. The largest absolute Gasteiger partial charge is 0.506 e. The van der Waals surface area contributed by atoms with Crippen molar-refractivity contribution in [2.75, 3.05) is 16.3 Å². The van der Waals surface area contributed by atoms with E-state index in [1.54, 1.807) is 30.3 Å². The number of sulfonamides is 1. The van der Waals surface area contributed by atoms with Crippen LogP contribution in [0.25, 0.3) is 0 Å². The lowest BCUT2D eigenvalue weighted by Gasteiger charge is -2.09. The van der Waals surface area contributed by atoms with Crippen LogP contribution in [0.4, 0.5) is 11.4 Å². The number of aromatic hydroxyl groups is 1. The molecule has 0 radical (unpaired) electrons. The van der Waals surface area contributed by atoms with Gasteiger partial charge >= 0.3 is 0 Å². The van der Waals surface area contributed by atoms with Crippen LogP contribution in [0.3, 0.4) is 0 Å². The number of hydrogen-bond donors (Lipinski definition) is 3. The maximum absolute atomic E-state index is 12.1. The second-order valence-corrected chi connectivity index (χ2v) is 6.17. The van der Waals surface area contributed by atoms with Crippen LogP contribution < -0.4 is 10.0 Å². The number of phenolic OH excluding ortho intramolecular Hbond substituents is 1. The molecule has 0 aliphatic carbocycles. The first-order chi connectivity index (χ1) is 9.85. The van der Waals surface area contributed by atoms with Gasteiger partial charge in [0.15, 0.2) is 0 Å². The molecule has 0 atom stereocenters. The van der Waals surface area contributed by atoms with Crippen molar-refractivity contribution >= 4 is 27.3 Å². The van der Waals surface area contributed by atoms with E-state index in [0.717, 1.165) is 6.26 Å². The van der Waals surface area contributed by atoms with Gasteiger partial charge < -0.3 is 10.4 Å². The average Bonchev–Trinajstić information content (AvgIpc) is 2.39. The van der Waals surface area contributed by atoms with Gasteiger partial charge in [-0.3, -0.25) is 9.52 Å². The third kappa shape index (κ3) is 4.22. The fourth-order valence-electron chi connectivity index (χ4n) is 1.71. The minimum absolute atomic E-state index is 0.0451. The SMILES string of the molecule is CS(=O)(=O)Nc1cccc(C(=O)Nc2ccccc2O)c1. The van der Waals surface area contributed by atoms with Gasteiger partial charge in [0.05, 0.1) is 11.9 Å². The number of anilines is 2. The molecule has 0 saturated heterocycles. The van der Waals surface area contributed by atoms with Gasteiger partial charge in [-0.25, -0.2) is 8.42 Å². The number of benzene rings is 2. The second kappa shape index (κ2) is 5.84. The van der Waals surface area contributed by atoms with Crippen molar-refractivity contribution < 1.29 is 18.3 Å². The van der Waals surface area contributed by atoms with Crippen molar-refractivity contribution in [1.29, 1.82) is 0 Å². The zero-order valence-corrected chi connectivity index (χ0v) is 12.0. The van der Waals surface area contributed by atoms with E-state index in [0.29, 0.717) is 5.69 Å². The lowest BCUT2D eigenvalue weighted by atomic mass is 10.2. The molecule has 0 spiro atoms. The average molecular weight is 306 g/mol. The molecule has 0 aliphatic rings. The highest BCUT2D eigenvalue weighted by Gasteiger charge is 2.10. The summed E-state index contributed by atoms with van der Waals surface area (Å²) in [5.41, 5.74) is 0.846. The van der Waals surface area contributed by atoms with Crippen molar-refractivity contribution in [2.45, 2.75) is 0 Å². The molecule has 0 fully saturated rings. The van der Waals surface area contributed by atoms with Crippen LogP contribution in [0.1, 0.15) is 10.4 Å². The van der Waals surface area contributed by atoms with Crippen LogP contribution in [-0.4, -0.2) is 25.7 Å². The van der Waals surface area contributed by atoms with E-state index in [1.807, 2.05) is 0 Å². The van der Waals surface area contributed by atoms with Crippen molar-refractivity contribution in [3.05, 3.63) is 54.1 Å². The highest BCUT2D eigenvalue weighted by molar-refractivity contribution is 7.92. The molecule has 110 valence electrons. The number of para-hydroxylation sites is 2. The van der Waals surface area contributed by atoms with Crippen molar-refractivity contribution in [2.24, 2.45) is 0 Å². The molecule has 6 nitrogen and oxygen atoms in total. The molecule has 0 heterocycles. The first-order valence-electron chi connectivity index (χ1n) is 6.02. The third-order valence-corrected chi connectivity index (χ3v) is 3.19. The summed E-state index contributed by atoms with van der Waals surface area (Å²) in [6.07, 6.45) is 1.03. The number of nitrogens with one attached hydrogen (secondary N) is 2. The summed E-state index contributed by atoms with van der Waals surface area (Å²) in [6, 6.07) is 12.4. The molecule has 0 bridgehead atoms. The number of amides is 1. The Morgan fingerprint density at radius 1 is 1.10 bits per heavy atom. The van der Waals surface area contributed by atoms with Gasteiger partial charge in [0.1, 0.15) is 5.75 Å². The van der Waals surface area contributed by atoms with Crippen molar-refractivity contribution in [1.82, 2.24) is 0 Å². The lowest BCUT2D eigenvalue weighted by Crippen LogP contribution is -2.14. The molecule has 2 aromatic carbocycles. The Morgan fingerprint density at radius 2 is 1.81 bits per heavy atom. The molecule has 0 saturated carbocycles. The van der Waals surface area contributed by atoms with E-state index in [1.165, 1.54) is 18.2 Å². The van der Waals surface area contributed by atoms with Gasteiger partial charge in [-0.1, -0.05) is 18.2 Å². The van der Waals surface area contributed by atoms with Gasteiger partial charge in [-0.15, -0.1) is 0 Å². The van der Waals surface area contributed by atoms with E-state index in [2.05, 4.69) is 10.0 Å². The molecule has 2 rings (SSSR count). The second-order valence-electron chi connectivity index (χ2n) is 4.43. The Hall–Kier alpha value is -2.54. The number of carbonyl (C=O) groups is 1. The summed E-state index contributed by atoms with van der Waals surface area (Å²) < 4.78 is 24.6. The number of rotatable bonds is 4. The normalized spacial score (nSPS) is 10.9. The van der Waals surface area contributed by atoms with Crippen LogP contribution >= 0.6 is 0 Å². The zero-order chi connectivity index (χ0) is 15.5. The Morgan fingerprint density at radius 3 is 2.48 bits per heavy atom. The minimum atomic E-state index is -3.41. The zero-order valence-electron chi connectivity index (χ0n) is 11.2. The van der Waals surface area contributed by atoms with Crippen molar-refractivity contribution in [3.63, 3.8) is 0 Å². The Bertz CT molecular complexity index is 772. The molecule has 3 N–H and O–H groups in total. The van der Waals surface area contributed by atoms with Gasteiger partial charge in [0.2, 0.25) is 10.0 Å². The van der Waals surface area contributed by atoms with E-state index >= 15 is 0 Å². The minimum Gasteiger partial charge on any atom is -0.506 e. The van der Waals surface area contributed by atoms with Gasteiger partial charge in [0, 0.05) is 11.3 Å². The van der Waals surface area contributed by atoms with Crippen LogP contribution in [0.2, 0.25) is 0 Å². The summed E-state index contributed by atoms with van der Waals surface area (Å²) in [5, 5.41) is 12.2. The molecule has 7 heteroatoms. The van der Waals surface area contributed by atoms with Crippen LogP contribution in [-0.2, 0) is 10.0 Å². The number of phenols is 1. The standard InChI is InChI=1S/C14H14N2O4S/c1-21(19,20)16-11-6-4-5-10(9-11)14(18)15-12-7-2-3-8-13(12)17/h2-9,16-17H,1H3,(H,15,18). The smallest absolute Gasteiger partial charge is 0.255 e. The molecular weight excluding hydrogens is 292 g/mol. The Balaban J connectivity index is 2.20. The Labute approximate surface area is 122 Å². The third-order valence-electron chi connectivity index (χ3n) is 2.58. The highest BCUT2D eigenvalue weighted by Crippen LogP contribution is 2.22. The quantitative estimate of drug-likeness (QED) is 0.753. The van der Waals surface area contributed by atoms with E-state index < -0.39 is 15.9 Å². The first kappa shape index (κ1) is 14.9. The molecule has 21 heavy (non-hydrogen) atoms. The van der Waals surface area contributed by atoms with Crippen LogP contribution in [0.5, 0.6) is 5.75 Å². The fraction of sp³-hybridized carbons (Fsp3) is 0.0714. The summed E-state index contributed by atoms with van der Waals surface area (Å²) >= 11 is 0.